The van der Waals surface area contributed by atoms with Crippen molar-refractivity contribution in [3.8, 4) is 0 Å². The van der Waals surface area contributed by atoms with Crippen molar-refractivity contribution in [2.45, 2.75) is 5.92 Å². The first-order valence-electron chi connectivity index (χ1n) is 5.25. The van der Waals surface area contributed by atoms with Crippen molar-refractivity contribution in [3.05, 3.63) is 34.9 Å². The van der Waals surface area contributed by atoms with Crippen LogP contribution in [-0.2, 0) is 0 Å². The van der Waals surface area contributed by atoms with Crippen molar-refractivity contribution in [1.29, 1.82) is 0 Å². The monoisotopic (exact) mass is 225 g/mol. The predicted molar refractivity (Wildman–Crippen MR) is 62.3 cm³/mol. The summed E-state index contributed by atoms with van der Waals surface area (Å²) in [5.74, 6) is 0.757. The Morgan fingerprint density at radius 1 is 1.47 bits per heavy atom. The van der Waals surface area contributed by atoms with Gasteiger partial charge in [-0.25, -0.2) is 0 Å². The third-order valence-corrected chi connectivity index (χ3v) is 3.37. The number of likely N-dealkylation sites (tertiary alicyclic amines) is 1. The van der Waals surface area contributed by atoms with E-state index in [0.29, 0.717) is 11.8 Å². The Kier molecular flexibility index (Phi) is 3.29. The zero-order chi connectivity index (χ0) is 10.8. The van der Waals surface area contributed by atoms with Gasteiger partial charge in [0.1, 0.15) is 0 Å². The van der Waals surface area contributed by atoms with E-state index in [0.717, 1.165) is 18.1 Å². The molecular formula is C12H16ClNO. The standard InChI is InChI=1S/C12H16ClNO/c1-14-6-10(8-15)12(7-14)9-3-2-4-11(13)5-9/h2-5,10,12,15H,6-8H2,1H3. The van der Waals surface area contributed by atoms with Crippen LogP contribution in [0, 0.1) is 5.92 Å². The molecule has 0 amide bonds. The summed E-state index contributed by atoms with van der Waals surface area (Å²) in [6, 6.07) is 7.97. The van der Waals surface area contributed by atoms with Gasteiger partial charge in [0, 0.05) is 36.6 Å². The highest BCUT2D eigenvalue weighted by atomic mass is 35.5. The summed E-state index contributed by atoms with van der Waals surface area (Å²) < 4.78 is 0. The zero-order valence-corrected chi connectivity index (χ0v) is 9.61. The third-order valence-electron chi connectivity index (χ3n) is 3.13. The molecule has 2 atom stereocenters. The Hall–Kier alpha value is -0.570. The van der Waals surface area contributed by atoms with Gasteiger partial charge < -0.3 is 10.0 Å². The number of benzene rings is 1. The van der Waals surface area contributed by atoms with Crippen molar-refractivity contribution in [1.82, 2.24) is 4.90 Å². The first kappa shape index (κ1) is 10.9. The van der Waals surface area contributed by atoms with E-state index >= 15 is 0 Å². The maximum absolute atomic E-state index is 9.33. The van der Waals surface area contributed by atoms with E-state index < -0.39 is 0 Å². The van der Waals surface area contributed by atoms with Crippen LogP contribution in [0.25, 0.3) is 0 Å². The van der Waals surface area contributed by atoms with Gasteiger partial charge in [0.2, 0.25) is 0 Å². The average Bonchev–Trinajstić information content (AvgIpc) is 2.59. The van der Waals surface area contributed by atoms with Crippen LogP contribution in [0.2, 0.25) is 5.02 Å². The molecule has 1 aromatic rings. The molecule has 0 bridgehead atoms. The van der Waals surface area contributed by atoms with Gasteiger partial charge in [-0.1, -0.05) is 23.7 Å². The molecule has 1 aliphatic rings. The van der Waals surface area contributed by atoms with E-state index in [2.05, 4.69) is 18.0 Å². The zero-order valence-electron chi connectivity index (χ0n) is 8.86. The lowest BCUT2D eigenvalue weighted by Crippen LogP contribution is -2.15. The molecule has 2 rings (SSSR count). The molecule has 0 aromatic heterocycles. The molecule has 0 aliphatic carbocycles. The average molecular weight is 226 g/mol. The first-order chi connectivity index (χ1) is 7.20. The number of hydrogen-bond donors (Lipinski definition) is 1. The maximum Gasteiger partial charge on any atom is 0.0477 e. The molecule has 1 saturated heterocycles. The summed E-state index contributed by atoms with van der Waals surface area (Å²) in [6.45, 7) is 2.22. The third kappa shape index (κ3) is 2.33. The lowest BCUT2D eigenvalue weighted by molar-refractivity contribution is 0.219. The summed E-state index contributed by atoms with van der Waals surface area (Å²) in [6.07, 6.45) is 0. The molecule has 2 unspecified atom stereocenters. The van der Waals surface area contributed by atoms with Gasteiger partial charge in [-0.05, 0) is 24.7 Å². The summed E-state index contributed by atoms with van der Waals surface area (Å²) in [7, 11) is 2.09. The Labute approximate surface area is 95.5 Å². The molecule has 0 saturated carbocycles. The molecule has 1 N–H and O–H groups in total. The highest BCUT2D eigenvalue weighted by Gasteiger charge is 2.31. The molecule has 1 aliphatic heterocycles. The van der Waals surface area contributed by atoms with Crippen molar-refractivity contribution in [3.63, 3.8) is 0 Å². The minimum atomic E-state index is 0.252. The predicted octanol–water partition coefficient (Wildman–Crippen LogP) is 1.98. The lowest BCUT2D eigenvalue weighted by atomic mass is 9.90. The van der Waals surface area contributed by atoms with Crippen LogP contribution in [0.15, 0.2) is 24.3 Å². The van der Waals surface area contributed by atoms with E-state index in [-0.39, 0.29) is 6.61 Å². The fraction of sp³-hybridized carbons (Fsp3) is 0.500. The van der Waals surface area contributed by atoms with E-state index in [9.17, 15) is 5.11 Å². The van der Waals surface area contributed by atoms with Crippen molar-refractivity contribution in [2.24, 2.45) is 5.92 Å². The SMILES string of the molecule is CN1CC(CO)C(c2cccc(Cl)c2)C1. The molecule has 3 heteroatoms. The van der Waals surface area contributed by atoms with Crippen LogP contribution in [0.5, 0.6) is 0 Å². The Morgan fingerprint density at radius 2 is 2.27 bits per heavy atom. The molecule has 1 fully saturated rings. The number of aliphatic hydroxyl groups is 1. The number of nitrogens with zero attached hydrogens (tertiary/aromatic N) is 1. The number of hydrogen-bond acceptors (Lipinski definition) is 2. The molecule has 0 spiro atoms. The molecular weight excluding hydrogens is 210 g/mol. The summed E-state index contributed by atoms with van der Waals surface area (Å²) in [5, 5.41) is 10.1. The largest absolute Gasteiger partial charge is 0.396 e. The lowest BCUT2D eigenvalue weighted by Gasteiger charge is -2.16. The van der Waals surface area contributed by atoms with Crippen molar-refractivity contribution >= 4 is 11.6 Å². The highest BCUT2D eigenvalue weighted by Crippen LogP contribution is 2.32. The smallest absolute Gasteiger partial charge is 0.0477 e. The van der Waals surface area contributed by atoms with Crippen molar-refractivity contribution in [2.75, 3.05) is 26.7 Å². The Balaban J connectivity index is 2.22. The van der Waals surface area contributed by atoms with Gasteiger partial charge >= 0.3 is 0 Å². The number of rotatable bonds is 2. The van der Waals surface area contributed by atoms with Gasteiger partial charge in [0.05, 0.1) is 0 Å². The maximum atomic E-state index is 9.33. The second-order valence-electron chi connectivity index (χ2n) is 4.33. The van der Waals surface area contributed by atoms with E-state index in [1.165, 1.54) is 5.56 Å². The van der Waals surface area contributed by atoms with Gasteiger partial charge in [0.15, 0.2) is 0 Å². The van der Waals surface area contributed by atoms with E-state index in [1.54, 1.807) is 0 Å². The quantitative estimate of drug-likeness (QED) is 0.832. The first-order valence-corrected chi connectivity index (χ1v) is 5.63. The Bertz CT molecular complexity index is 342. The topological polar surface area (TPSA) is 23.5 Å². The van der Waals surface area contributed by atoms with Crippen LogP contribution < -0.4 is 0 Å². The van der Waals surface area contributed by atoms with Crippen LogP contribution in [0.3, 0.4) is 0 Å². The van der Waals surface area contributed by atoms with Gasteiger partial charge in [-0.2, -0.15) is 0 Å². The number of aliphatic hydroxyl groups excluding tert-OH is 1. The fourth-order valence-electron chi connectivity index (χ4n) is 2.39. The van der Waals surface area contributed by atoms with Crippen LogP contribution in [0.1, 0.15) is 11.5 Å². The van der Waals surface area contributed by atoms with Crippen LogP contribution >= 0.6 is 11.6 Å². The second kappa shape index (κ2) is 4.52. The van der Waals surface area contributed by atoms with Crippen molar-refractivity contribution < 1.29 is 5.11 Å². The number of halogens is 1. The normalized spacial score (nSPS) is 27.1. The Morgan fingerprint density at radius 3 is 2.93 bits per heavy atom. The van der Waals surface area contributed by atoms with Gasteiger partial charge in [-0.3, -0.25) is 0 Å². The molecule has 1 aromatic carbocycles. The van der Waals surface area contributed by atoms with E-state index in [1.807, 2.05) is 18.2 Å². The molecule has 0 radical (unpaired) electrons. The highest BCUT2D eigenvalue weighted by molar-refractivity contribution is 6.30. The molecule has 15 heavy (non-hydrogen) atoms. The van der Waals surface area contributed by atoms with E-state index in [4.69, 9.17) is 11.6 Å². The van der Waals surface area contributed by atoms with Crippen LogP contribution in [-0.4, -0.2) is 36.8 Å². The summed E-state index contributed by atoms with van der Waals surface area (Å²) in [4.78, 5) is 2.26. The van der Waals surface area contributed by atoms with Gasteiger partial charge in [-0.15, -0.1) is 0 Å². The minimum absolute atomic E-state index is 0.252. The van der Waals surface area contributed by atoms with Gasteiger partial charge in [0.25, 0.3) is 0 Å². The molecule has 2 nitrogen and oxygen atoms in total. The number of likely N-dealkylation sites (N-methyl/N-ethyl adjacent to an activating group) is 1. The summed E-state index contributed by atoms with van der Waals surface area (Å²) >= 11 is 5.97. The fourth-order valence-corrected chi connectivity index (χ4v) is 2.59. The minimum Gasteiger partial charge on any atom is -0.396 e. The molecule has 1 heterocycles. The molecule has 82 valence electrons. The second-order valence-corrected chi connectivity index (χ2v) is 4.76. The summed E-state index contributed by atoms with van der Waals surface area (Å²) in [5.41, 5.74) is 1.24. The van der Waals surface area contributed by atoms with Crippen LogP contribution in [0.4, 0.5) is 0 Å².